The summed E-state index contributed by atoms with van der Waals surface area (Å²) in [5, 5.41) is 13.8. The number of nitrogens with two attached hydrogens (primary N) is 1. The Morgan fingerprint density at radius 2 is 1.91 bits per heavy atom. The molecule has 4 aromatic rings. The lowest BCUT2D eigenvalue weighted by atomic mass is 9.83. The molecule has 4 heterocycles. The number of urea groups is 1. The summed E-state index contributed by atoms with van der Waals surface area (Å²) in [4.78, 5) is 46.6. The molecule has 12 nitrogen and oxygen atoms in total. The topological polar surface area (TPSA) is 160 Å². The van der Waals surface area contributed by atoms with E-state index in [-0.39, 0.29) is 0 Å². The summed E-state index contributed by atoms with van der Waals surface area (Å²) in [7, 11) is 0. The van der Waals surface area contributed by atoms with Crippen LogP contribution in [0, 0.1) is 0 Å². The van der Waals surface area contributed by atoms with E-state index in [1.807, 2.05) is 51.1 Å². The summed E-state index contributed by atoms with van der Waals surface area (Å²) >= 11 is 1.38. The normalized spacial score (nSPS) is 15.0. The summed E-state index contributed by atoms with van der Waals surface area (Å²) in [5.74, 6) is -0.536. The number of thiazole rings is 1. The number of hydrogen-bond donors (Lipinski definition) is 3. The number of fused-ring (bicyclic) bond motifs is 1. The number of amides is 2. The third-order valence-electron chi connectivity index (χ3n) is 7.64. The summed E-state index contributed by atoms with van der Waals surface area (Å²) in [6, 6.07) is 8.17. The summed E-state index contributed by atoms with van der Waals surface area (Å²) in [6.07, 6.45) is 5.13. The molecule has 43 heavy (non-hydrogen) atoms. The van der Waals surface area contributed by atoms with E-state index in [9.17, 15) is 14.7 Å². The Hall–Kier alpha value is -4.04. The number of aromatic nitrogens is 4. The van der Waals surface area contributed by atoms with Gasteiger partial charge in [0.05, 0.1) is 34.5 Å². The van der Waals surface area contributed by atoms with E-state index < -0.39 is 23.5 Å². The first-order chi connectivity index (χ1) is 20.7. The lowest BCUT2D eigenvalue weighted by Gasteiger charge is -2.32. The Morgan fingerprint density at radius 1 is 1.16 bits per heavy atom. The number of morpholine rings is 1. The van der Waals surface area contributed by atoms with E-state index in [2.05, 4.69) is 25.2 Å². The number of primary amides is 1. The average molecular weight is 605 g/mol. The Labute approximate surface area is 253 Å². The highest BCUT2D eigenvalue weighted by molar-refractivity contribution is 7.23. The highest BCUT2D eigenvalue weighted by atomic mass is 32.1. The molecule has 3 aromatic heterocycles. The second-order valence-corrected chi connectivity index (χ2v) is 11.8. The van der Waals surface area contributed by atoms with Gasteiger partial charge in [0.2, 0.25) is 0 Å². The number of carboxylic acid groups (broad SMARTS) is 1. The minimum absolute atomic E-state index is 0.394. The molecule has 0 bridgehead atoms. The molecule has 0 saturated carbocycles. The Bertz CT molecular complexity index is 1570. The predicted molar refractivity (Wildman–Crippen MR) is 166 cm³/mol. The summed E-state index contributed by atoms with van der Waals surface area (Å²) < 4.78 is 6.27. The average Bonchev–Trinajstić information content (AvgIpc) is 3.43. The minimum Gasteiger partial charge on any atom is -0.480 e. The molecule has 0 radical (unpaired) electrons. The van der Waals surface area contributed by atoms with Crippen LogP contribution in [0.5, 0.6) is 0 Å². The first-order valence-corrected chi connectivity index (χ1v) is 15.0. The quantitative estimate of drug-likeness (QED) is 0.232. The van der Waals surface area contributed by atoms with Crippen LogP contribution in [-0.2, 0) is 14.9 Å². The van der Waals surface area contributed by atoms with Crippen molar-refractivity contribution in [1.29, 1.82) is 0 Å². The molecule has 1 saturated heterocycles. The maximum absolute atomic E-state index is 12.3. The van der Waals surface area contributed by atoms with Crippen molar-refractivity contribution in [2.45, 2.75) is 32.2 Å². The van der Waals surface area contributed by atoms with Crippen LogP contribution in [0.3, 0.4) is 0 Å². The molecule has 1 atom stereocenters. The maximum Gasteiger partial charge on any atom is 0.321 e. The molecule has 5 rings (SSSR count). The number of pyridine rings is 1. The van der Waals surface area contributed by atoms with Crippen molar-refractivity contribution < 1.29 is 19.4 Å². The molecule has 2 amide bonds. The number of benzene rings is 1. The number of carbonyl (C=O) groups excluding carboxylic acids is 1. The first-order valence-electron chi connectivity index (χ1n) is 14.2. The lowest BCUT2D eigenvalue weighted by molar-refractivity contribution is -0.141. The van der Waals surface area contributed by atoms with E-state index in [1.54, 1.807) is 18.6 Å². The van der Waals surface area contributed by atoms with Crippen molar-refractivity contribution in [3.8, 4) is 22.4 Å². The molecule has 1 aliphatic rings. The molecule has 1 aromatic carbocycles. The molecule has 0 spiro atoms. The zero-order valence-electron chi connectivity index (χ0n) is 24.5. The van der Waals surface area contributed by atoms with E-state index in [0.717, 1.165) is 46.7 Å². The van der Waals surface area contributed by atoms with Gasteiger partial charge < -0.3 is 20.9 Å². The highest BCUT2D eigenvalue weighted by Gasteiger charge is 2.39. The second kappa shape index (κ2) is 13.1. The second-order valence-electron chi connectivity index (χ2n) is 10.9. The third-order valence-corrected chi connectivity index (χ3v) is 8.77. The van der Waals surface area contributed by atoms with Crippen LogP contribution in [0.1, 0.15) is 26.6 Å². The number of carboxylic acids is 1. The zero-order chi connectivity index (χ0) is 30.6. The fourth-order valence-electron chi connectivity index (χ4n) is 5.18. The van der Waals surface area contributed by atoms with Crippen molar-refractivity contribution in [2.75, 3.05) is 50.8 Å². The molecule has 1 unspecified atom stereocenters. The van der Waals surface area contributed by atoms with E-state index in [0.29, 0.717) is 42.8 Å². The molecular weight excluding hydrogens is 568 g/mol. The number of nitrogens with zero attached hydrogens (tertiary/aromatic N) is 6. The van der Waals surface area contributed by atoms with Crippen LogP contribution in [0.15, 0.2) is 48.9 Å². The van der Waals surface area contributed by atoms with Crippen LogP contribution in [0.4, 0.5) is 9.93 Å². The van der Waals surface area contributed by atoms with Crippen molar-refractivity contribution in [3.63, 3.8) is 0 Å². The maximum atomic E-state index is 12.3. The molecular formula is C30H36N8O4S. The fourth-order valence-corrected chi connectivity index (χ4v) is 6.32. The minimum atomic E-state index is -0.957. The van der Waals surface area contributed by atoms with Gasteiger partial charge in [-0.15, -0.1) is 0 Å². The van der Waals surface area contributed by atoms with Gasteiger partial charge in [-0.2, -0.15) is 0 Å². The van der Waals surface area contributed by atoms with Gasteiger partial charge >= 0.3 is 12.0 Å². The monoisotopic (exact) mass is 604 g/mol. The Morgan fingerprint density at radius 3 is 2.53 bits per heavy atom. The van der Waals surface area contributed by atoms with Gasteiger partial charge in [-0.25, -0.2) is 19.7 Å². The van der Waals surface area contributed by atoms with Gasteiger partial charge in [-0.3, -0.25) is 19.6 Å². The van der Waals surface area contributed by atoms with Gasteiger partial charge in [0.1, 0.15) is 11.9 Å². The van der Waals surface area contributed by atoms with E-state index in [4.69, 9.17) is 15.5 Å². The molecule has 13 heteroatoms. The van der Waals surface area contributed by atoms with E-state index in [1.165, 1.54) is 16.2 Å². The molecule has 4 N–H and O–H groups in total. The number of rotatable bonds is 11. The van der Waals surface area contributed by atoms with Gasteiger partial charge in [0.15, 0.2) is 5.13 Å². The van der Waals surface area contributed by atoms with Crippen LogP contribution in [0.25, 0.3) is 32.6 Å². The third kappa shape index (κ3) is 6.64. The van der Waals surface area contributed by atoms with Crippen molar-refractivity contribution >= 4 is 38.7 Å². The van der Waals surface area contributed by atoms with E-state index >= 15 is 0 Å². The summed E-state index contributed by atoms with van der Waals surface area (Å²) in [6.45, 7) is 10.2. The standard InChI is InChI=1S/C30H36N8O4S/c1-4-38(28(31)41)29-36-23-16-19(15-21(24(23)43-29)22-7-5-6-8-32-22)20-17-34-27(35-18-20)30(2,3)25(26(39)40)33-9-10-37-11-13-42-14-12-37/h5-8,15-18,25,33H,4,9-14H2,1-3H3,(H2,31,41)(H,39,40). The van der Waals surface area contributed by atoms with Gasteiger partial charge in [-0.1, -0.05) is 31.3 Å². The fraction of sp³-hybridized carbons (Fsp3) is 0.400. The number of aliphatic carboxylic acids is 1. The highest BCUT2D eigenvalue weighted by Crippen LogP contribution is 2.39. The molecule has 226 valence electrons. The summed E-state index contributed by atoms with van der Waals surface area (Å²) in [5.41, 5.74) is 8.58. The molecule has 1 aliphatic heterocycles. The first kappa shape index (κ1) is 30.4. The largest absolute Gasteiger partial charge is 0.480 e. The predicted octanol–water partition coefficient (Wildman–Crippen LogP) is 3.37. The Balaban J connectivity index is 1.44. The Kier molecular flexibility index (Phi) is 9.25. The van der Waals surface area contributed by atoms with Crippen molar-refractivity contribution in [2.24, 2.45) is 5.73 Å². The zero-order valence-corrected chi connectivity index (χ0v) is 25.3. The van der Waals surface area contributed by atoms with Crippen molar-refractivity contribution in [1.82, 2.24) is 30.2 Å². The lowest BCUT2D eigenvalue weighted by Crippen LogP contribution is -2.53. The number of ether oxygens (including phenoxy) is 1. The van der Waals surface area contributed by atoms with Crippen molar-refractivity contribution in [3.05, 3.63) is 54.7 Å². The van der Waals surface area contributed by atoms with Crippen LogP contribution < -0.4 is 16.0 Å². The van der Waals surface area contributed by atoms with Crippen LogP contribution in [-0.4, -0.2) is 93.9 Å². The number of nitrogens with one attached hydrogen (secondary N) is 1. The number of hydrogen-bond acceptors (Lipinski definition) is 10. The van der Waals surface area contributed by atoms with Crippen LogP contribution in [0.2, 0.25) is 0 Å². The molecule has 0 aliphatic carbocycles. The smallest absolute Gasteiger partial charge is 0.321 e. The number of carbonyl (C=O) groups is 2. The molecule has 1 fully saturated rings. The SMILES string of the molecule is CCN(C(N)=O)c1nc2cc(-c3cnc(C(C)(C)C(NCCN4CCOCC4)C(=O)O)nc3)cc(-c3ccccn3)c2s1. The number of anilines is 1. The van der Waals surface area contributed by atoms with Crippen LogP contribution >= 0.6 is 11.3 Å². The van der Waals surface area contributed by atoms with Gasteiger partial charge in [0.25, 0.3) is 0 Å². The van der Waals surface area contributed by atoms with Gasteiger partial charge in [-0.05, 0) is 36.8 Å². The van der Waals surface area contributed by atoms with Gasteiger partial charge in [0, 0.05) is 62.4 Å².